The average Bonchev–Trinajstić information content (AvgIpc) is 3.08. The molecule has 3 aromatic rings. The van der Waals surface area contributed by atoms with Gasteiger partial charge < -0.3 is 43.0 Å². The van der Waals surface area contributed by atoms with Crippen LogP contribution in [0, 0.1) is 0 Å². The van der Waals surface area contributed by atoms with Crippen molar-refractivity contribution >= 4 is 0 Å². The third-order valence-corrected chi connectivity index (χ3v) is 8.27. The second-order valence-electron chi connectivity index (χ2n) is 11.6. The van der Waals surface area contributed by atoms with Crippen LogP contribution in [-0.4, -0.2) is 80.2 Å². The molecule has 0 aliphatic carbocycles. The van der Waals surface area contributed by atoms with E-state index in [1.165, 1.54) is 0 Å². The normalized spacial score (nSPS) is 31.4. The maximum atomic E-state index is 11.6. The van der Waals surface area contributed by atoms with Crippen LogP contribution in [0.15, 0.2) is 104 Å². The summed E-state index contributed by atoms with van der Waals surface area (Å²) in [4.78, 5) is 0. The van der Waals surface area contributed by atoms with Gasteiger partial charge in [-0.1, -0.05) is 97.1 Å². The van der Waals surface area contributed by atoms with E-state index in [2.05, 4.69) is 6.58 Å². The van der Waals surface area contributed by atoms with Crippen LogP contribution in [0.3, 0.4) is 0 Å². The van der Waals surface area contributed by atoms with Gasteiger partial charge in [0.1, 0.15) is 36.6 Å². The van der Waals surface area contributed by atoms with Crippen LogP contribution in [0.4, 0.5) is 0 Å². The SMILES string of the molecule is C=CCO[C@H]1[C@H](O[C@@H]2[C@@H](OCc3ccccc3)[C@H](C)O[C@@H](OC)[C@@H]2OCc2ccccc2)O[C@@H](C)[C@H](OCc2ccccc2)[C@H]1O. The minimum Gasteiger partial charge on any atom is -0.387 e. The Labute approximate surface area is 271 Å². The lowest BCUT2D eigenvalue weighted by Crippen LogP contribution is -2.64. The van der Waals surface area contributed by atoms with Crippen LogP contribution < -0.4 is 0 Å². The highest BCUT2D eigenvalue weighted by atomic mass is 16.8. The minimum absolute atomic E-state index is 0.178. The third-order valence-electron chi connectivity index (χ3n) is 8.27. The van der Waals surface area contributed by atoms with E-state index in [1.807, 2.05) is 105 Å². The molecule has 2 heterocycles. The monoisotopic (exact) mass is 634 g/mol. The highest BCUT2D eigenvalue weighted by Crippen LogP contribution is 2.34. The largest absolute Gasteiger partial charge is 0.387 e. The molecule has 248 valence electrons. The van der Waals surface area contributed by atoms with Gasteiger partial charge in [-0.3, -0.25) is 0 Å². The van der Waals surface area contributed by atoms with E-state index in [9.17, 15) is 5.11 Å². The summed E-state index contributed by atoms with van der Waals surface area (Å²) in [7, 11) is 1.58. The molecule has 3 aromatic carbocycles. The summed E-state index contributed by atoms with van der Waals surface area (Å²) in [6, 6.07) is 29.6. The summed E-state index contributed by atoms with van der Waals surface area (Å²) in [5, 5.41) is 11.6. The van der Waals surface area contributed by atoms with E-state index in [1.54, 1.807) is 13.2 Å². The van der Waals surface area contributed by atoms with Crippen molar-refractivity contribution in [2.24, 2.45) is 0 Å². The molecular weight excluding hydrogens is 588 g/mol. The molecule has 0 amide bonds. The number of aliphatic hydroxyl groups is 1. The number of aliphatic hydroxyl groups excluding tert-OH is 1. The predicted molar refractivity (Wildman–Crippen MR) is 172 cm³/mol. The zero-order chi connectivity index (χ0) is 32.3. The maximum absolute atomic E-state index is 11.6. The Morgan fingerprint density at radius 1 is 0.609 bits per heavy atom. The summed E-state index contributed by atoms with van der Waals surface area (Å²) in [5.74, 6) is 0. The second-order valence-corrected chi connectivity index (χ2v) is 11.6. The van der Waals surface area contributed by atoms with Crippen molar-refractivity contribution in [2.45, 2.75) is 95.1 Å². The molecule has 0 bridgehead atoms. The number of ether oxygens (including phenoxy) is 8. The van der Waals surface area contributed by atoms with E-state index < -0.39 is 61.4 Å². The molecule has 0 unspecified atom stereocenters. The Balaban J connectivity index is 1.39. The van der Waals surface area contributed by atoms with Crippen LogP contribution in [0.5, 0.6) is 0 Å². The van der Waals surface area contributed by atoms with Gasteiger partial charge in [-0.2, -0.15) is 0 Å². The summed E-state index contributed by atoms with van der Waals surface area (Å²) >= 11 is 0. The molecule has 1 N–H and O–H groups in total. The van der Waals surface area contributed by atoms with Crippen molar-refractivity contribution in [3.63, 3.8) is 0 Å². The van der Waals surface area contributed by atoms with Gasteiger partial charge in [0.15, 0.2) is 12.6 Å². The topological polar surface area (TPSA) is 94.1 Å². The number of methoxy groups -OCH3 is 1. The molecule has 0 saturated carbocycles. The van der Waals surface area contributed by atoms with E-state index in [0.717, 1.165) is 16.7 Å². The van der Waals surface area contributed by atoms with Crippen molar-refractivity contribution < 1.29 is 43.0 Å². The summed E-state index contributed by atoms with van der Waals surface area (Å²) in [6.07, 6.45) is -5.66. The lowest BCUT2D eigenvalue weighted by Gasteiger charge is -2.48. The molecule has 2 aliphatic rings. The Bertz CT molecular complexity index is 1290. The first kappa shape index (κ1) is 34.4. The highest BCUT2D eigenvalue weighted by molar-refractivity contribution is 5.15. The number of hydrogen-bond acceptors (Lipinski definition) is 9. The molecule has 0 radical (unpaired) electrons. The maximum Gasteiger partial charge on any atom is 0.187 e. The molecule has 46 heavy (non-hydrogen) atoms. The molecule has 10 atom stereocenters. The smallest absolute Gasteiger partial charge is 0.187 e. The third kappa shape index (κ3) is 8.89. The predicted octanol–water partition coefficient (Wildman–Crippen LogP) is 5.20. The van der Waals surface area contributed by atoms with Crippen LogP contribution >= 0.6 is 0 Å². The molecule has 0 aromatic heterocycles. The minimum atomic E-state index is -1.06. The van der Waals surface area contributed by atoms with Crippen LogP contribution in [0.25, 0.3) is 0 Å². The van der Waals surface area contributed by atoms with E-state index >= 15 is 0 Å². The van der Waals surface area contributed by atoms with E-state index in [0.29, 0.717) is 19.8 Å². The Morgan fingerprint density at radius 2 is 1.07 bits per heavy atom. The summed E-state index contributed by atoms with van der Waals surface area (Å²) in [5.41, 5.74) is 2.98. The molecule has 5 rings (SSSR count). The van der Waals surface area contributed by atoms with Gasteiger partial charge >= 0.3 is 0 Å². The lowest BCUT2D eigenvalue weighted by molar-refractivity contribution is -0.366. The zero-order valence-electron chi connectivity index (χ0n) is 26.8. The van der Waals surface area contributed by atoms with Crippen LogP contribution in [0.2, 0.25) is 0 Å². The molecule has 9 heteroatoms. The van der Waals surface area contributed by atoms with Crippen molar-refractivity contribution in [3.05, 3.63) is 120 Å². The van der Waals surface area contributed by atoms with E-state index in [4.69, 9.17) is 37.9 Å². The van der Waals surface area contributed by atoms with Gasteiger partial charge in [0, 0.05) is 7.11 Å². The molecule has 9 nitrogen and oxygen atoms in total. The van der Waals surface area contributed by atoms with Gasteiger partial charge in [0.2, 0.25) is 0 Å². The molecular formula is C37H46O9. The Kier molecular flexibility index (Phi) is 12.9. The number of hydrogen-bond donors (Lipinski definition) is 1. The first-order chi connectivity index (χ1) is 22.5. The van der Waals surface area contributed by atoms with Crippen LogP contribution in [0.1, 0.15) is 30.5 Å². The number of benzene rings is 3. The lowest BCUT2D eigenvalue weighted by atomic mass is 9.96. The number of rotatable bonds is 15. The first-order valence-corrected chi connectivity index (χ1v) is 15.8. The fraction of sp³-hybridized carbons (Fsp3) is 0.459. The van der Waals surface area contributed by atoms with Gasteiger partial charge in [-0.25, -0.2) is 0 Å². The Hall–Kier alpha value is -2.96. The van der Waals surface area contributed by atoms with Crippen molar-refractivity contribution in [3.8, 4) is 0 Å². The summed E-state index contributed by atoms with van der Waals surface area (Å²) < 4.78 is 50.6. The fourth-order valence-corrected chi connectivity index (χ4v) is 5.87. The van der Waals surface area contributed by atoms with Gasteiger partial charge in [-0.05, 0) is 30.5 Å². The quantitative estimate of drug-likeness (QED) is 0.227. The van der Waals surface area contributed by atoms with E-state index in [-0.39, 0.29) is 6.61 Å². The van der Waals surface area contributed by atoms with Crippen molar-refractivity contribution in [1.82, 2.24) is 0 Å². The molecule has 2 aliphatic heterocycles. The summed E-state index contributed by atoms with van der Waals surface area (Å²) in [6.45, 7) is 8.69. The van der Waals surface area contributed by atoms with Crippen LogP contribution in [-0.2, 0) is 57.7 Å². The Morgan fingerprint density at radius 3 is 1.57 bits per heavy atom. The molecule has 0 spiro atoms. The average molecular weight is 635 g/mol. The standard InChI is InChI=1S/C37H46O9/c1-5-21-40-33-30(38)31(41-22-27-15-9-6-10-16-27)25(2)45-37(33)46-34-32(42-23-28-17-11-7-12-18-28)26(3)44-36(39-4)35(34)43-24-29-19-13-8-14-20-29/h5-20,25-26,30-38H,1,21-24H2,2-4H3/t25-,26-,30+,31-,32-,33+,34+,35+,36+,37-/m0/s1. The molecule has 2 fully saturated rings. The van der Waals surface area contributed by atoms with Gasteiger partial charge in [0.25, 0.3) is 0 Å². The zero-order valence-corrected chi connectivity index (χ0v) is 26.8. The second kappa shape index (κ2) is 17.3. The highest BCUT2D eigenvalue weighted by Gasteiger charge is 2.52. The van der Waals surface area contributed by atoms with Gasteiger partial charge in [0.05, 0.1) is 38.6 Å². The van der Waals surface area contributed by atoms with Gasteiger partial charge in [-0.15, -0.1) is 6.58 Å². The first-order valence-electron chi connectivity index (χ1n) is 15.8. The van der Waals surface area contributed by atoms with Crippen molar-refractivity contribution in [1.29, 1.82) is 0 Å². The fourth-order valence-electron chi connectivity index (χ4n) is 5.87. The van der Waals surface area contributed by atoms with Crippen molar-refractivity contribution in [2.75, 3.05) is 13.7 Å². The molecule has 2 saturated heterocycles.